The van der Waals surface area contributed by atoms with Crippen molar-refractivity contribution in [2.24, 2.45) is 0 Å². The Morgan fingerprint density at radius 3 is 2.05 bits per heavy atom. The molecule has 2 aliphatic heterocycles. The van der Waals surface area contributed by atoms with Gasteiger partial charge in [-0.1, -0.05) is 11.6 Å². The van der Waals surface area contributed by atoms with Crippen LogP contribution in [0.25, 0.3) is 0 Å². The van der Waals surface area contributed by atoms with Gasteiger partial charge in [0, 0.05) is 26.2 Å². The highest BCUT2D eigenvalue weighted by atomic mass is 35.5. The fourth-order valence-corrected chi connectivity index (χ4v) is 2.62. The fraction of sp³-hybridized carbons (Fsp3) is 0.692. The van der Waals surface area contributed by atoms with Gasteiger partial charge in [0.2, 0.25) is 5.95 Å². The number of halogens is 1. The Morgan fingerprint density at radius 1 is 0.900 bits per heavy atom. The second kappa shape index (κ2) is 6.11. The normalized spacial score (nSPS) is 20.3. The van der Waals surface area contributed by atoms with Crippen LogP contribution in [0.1, 0.15) is 5.69 Å². The summed E-state index contributed by atoms with van der Waals surface area (Å²) >= 11 is 6.39. The lowest BCUT2D eigenvalue weighted by Gasteiger charge is -2.31. The Morgan fingerprint density at radius 2 is 1.45 bits per heavy atom. The molecule has 3 heterocycles. The average molecular weight is 299 g/mol. The second-order valence-corrected chi connectivity index (χ2v) is 5.32. The van der Waals surface area contributed by atoms with Crippen molar-refractivity contribution in [2.45, 2.75) is 6.92 Å². The zero-order chi connectivity index (χ0) is 13.9. The van der Waals surface area contributed by atoms with E-state index in [0.717, 1.165) is 56.9 Å². The topological polar surface area (TPSA) is 50.7 Å². The summed E-state index contributed by atoms with van der Waals surface area (Å²) < 4.78 is 10.8. The second-order valence-electron chi connectivity index (χ2n) is 4.95. The van der Waals surface area contributed by atoms with Gasteiger partial charge < -0.3 is 19.3 Å². The minimum atomic E-state index is 0.643. The van der Waals surface area contributed by atoms with Gasteiger partial charge >= 0.3 is 0 Å². The van der Waals surface area contributed by atoms with Crippen molar-refractivity contribution in [1.29, 1.82) is 0 Å². The number of aromatic nitrogens is 2. The summed E-state index contributed by atoms with van der Waals surface area (Å²) in [5.41, 5.74) is 0.824. The molecule has 1 aromatic heterocycles. The number of nitrogens with zero attached hydrogens (tertiary/aromatic N) is 4. The van der Waals surface area contributed by atoms with E-state index in [-0.39, 0.29) is 0 Å². The van der Waals surface area contributed by atoms with E-state index in [1.165, 1.54) is 0 Å². The first-order chi connectivity index (χ1) is 9.75. The Labute approximate surface area is 123 Å². The monoisotopic (exact) mass is 298 g/mol. The van der Waals surface area contributed by atoms with Gasteiger partial charge in [-0.05, 0) is 6.92 Å². The van der Waals surface area contributed by atoms with Crippen LogP contribution in [0.15, 0.2) is 0 Å². The van der Waals surface area contributed by atoms with E-state index >= 15 is 0 Å². The smallest absolute Gasteiger partial charge is 0.227 e. The van der Waals surface area contributed by atoms with E-state index in [1.54, 1.807) is 0 Å². The van der Waals surface area contributed by atoms with Crippen molar-refractivity contribution in [2.75, 3.05) is 62.4 Å². The summed E-state index contributed by atoms with van der Waals surface area (Å²) in [5.74, 6) is 1.57. The zero-order valence-corrected chi connectivity index (χ0v) is 12.4. The van der Waals surface area contributed by atoms with Crippen LogP contribution in [0.2, 0.25) is 5.02 Å². The molecule has 0 bridgehead atoms. The van der Waals surface area contributed by atoms with Gasteiger partial charge in [0.15, 0.2) is 5.82 Å². The Bertz CT molecular complexity index is 474. The molecule has 0 spiro atoms. The fourth-order valence-electron chi connectivity index (χ4n) is 2.42. The highest BCUT2D eigenvalue weighted by molar-refractivity contribution is 6.33. The summed E-state index contributed by atoms with van der Waals surface area (Å²) in [6.45, 7) is 8.08. The van der Waals surface area contributed by atoms with Crippen molar-refractivity contribution < 1.29 is 9.47 Å². The number of anilines is 2. The van der Waals surface area contributed by atoms with Gasteiger partial charge in [0.25, 0.3) is 0 Å². The molecule has 2 fully saturated rings. The van der Waals surface area contributed by atoms with Crippen molar-refractivity contribution in [3.63, 3.8) is 0 Å². The standard InChI is InChI=1S/C13H19ClN4O2/c1-10-11(14)12(17-2-6-19-7-3-17)16-13(15-10)18-4-8-20-9-5-18/h2-9H2,1H3. The van der Waals surface area contributed by atoms with E-state index < -0.39 is 0 Å². The maximum absolute atomic E-state index is 6.39. The van der Waals surface area contributed by atoms with Crippen LogP contribution < -0.4 is 9.80 Å². The van der Waals surface area contributed by atoms with Gasteiger partial charge in [0.1, 0.15) is 5.02 Å². The van der Waals surface area contributed by atoms with Crippen LogP contribution in [0.5, 0.6) is 0 Å². The van der Waals surface area contributed by atoms with E-state index in [1.807, 2.05) is 6.92 Å². The minimum absolute atomic E-state index is 0.643. The molecular formula is C13H19ClN4O2. The lowest BCUT2D eigenvalue weighted by molar-refractivity contribution is 0.121. The van der Waals surface area contributed by atoms with Crippen LogP contribution >= 0.6 is 11.6 Å². The van der Waals surface area contributed by atoms with Crippen LogP contribution in [0.3, 0.4) is 0 Å². The molecule has 6 nitrogen and oxygen atoms in total. The van der Waals surface area contributed by atoms with Crippen molar-refractivity contribution >= 4 is 23.4 Å². The molecule has 0 aliphatic carbocycles. The molecule has 110 valence electrons. The average Bonchev–Trinajstić information content (AvgIpc) is 2.51. The molecule has 0 atom stereocenters. The number of rotatable bonds is 2. The molecule has 1 aromatic rings. The van der Waals surface area contributed by atoms with Crippen molar-refractivity contribution in [1.82, 2.24) is 9.97 Å². The predicted molar refractivity (Wildman–Crippen MR) is 77.8 cm³/mol. The van der Waals surface area contributed by atoms with E-state index in [9.17, 15) is 0 Å². The first-order valence-electron chi connectivity index (χ1n) is 6.95. The third kappa shape index (κ3) is 2.82. The quantitative estimate of drug-likeness (QED) is 0.815. The lowest BCUT2D eigenvalue weighted by atomic mass is 10.3. The summed E-state index contributed by atoms with van der Waals surface area (Å²) in [6.07, 6.45) is 0. The highest BCUT2D eigenvalue weighted by Crippen LogP contribution is 2.29. The Hall–Kier alpha value is -1.11. The number of ether oxygens (including phenoxy) is 2. The van der Waals surface area contributed by atoms with Gasteiger partial charge in [-0.3, -0.25) is 0 Å². The van der Waals surface area contributed by atoms with Gasteiger partial charge in [-0.25, -0.2) is 4.98 Å². The third-order valence-electron chi connectivity index (χ3n) is 3.59. The molecule has 0 aromatic carbocycles. The van der Waals surface area contributed by atoms with Gasteiger partial charge in [-0.15, -0.1) is 0 Å². The van der Waals surface area contributed by atoms with E-state index in [2.05, 4.69) is 19.8 Å². The number of aryl methyl sites for hydroxylation is 1. The largest absolute Gasteiger partial charge is 0.378 e. The molecular weight excluding hydrogens is 280 g/mol. The molecule has 20 heavy (non-hydrogen) atoms. The molecule has 0 radical (unpaired) electrons. The molecule has 7 heteroatoms. The van der Waals surface area contributed by atoms with E-state index in [4.69, 9.17) is 21.1 Å². The van der Waals surface area contributed by atoms with Crippen LogP contribution in [-0.4, -0.2) is 62.6 Å². The molecule has 0 amide bonds. The van der Waals surface area contributed by atoms with Crippen molar-refractivity contribution in [3.8, 4) is 0 Å². The molecule has 2 aliphatic rings. The van der Waals surface area contributed by atoms with Gasteiger partial charge in [0.05, 0.1) is 32.1 Å². The van der Waals surface area contributed by atoms with E-state index in [0.29, 0.717) is 18.2 Å². The zero-order valence-electron chi connectivity index (χ0n) is 11.6. The highest BCUT2D eigenvalue weighted by Gasteiger charge is 2.21. The van der Waals surface area contributed by atoms with Crippen LogP contribution in [-0.2, 0) is 9.47 Å². The summed E-state index contributed by atoms with van der Waals surface area (Å²) in [7, 11) is 0. The van der Waals surface area contributed by atoms with Crippen LogP contribution in [0.4, 0.5) is 11.8 Å². The molecule has 3 rings (SSSR count). The van der Waals surface area contributed by atoms with Crippen LogP contribution in [0, 0.1) is 6.92 Å². The SMILES string of the molecule is Cc1nc(N2CCOCC2)nc(N2CCOCC2)c1Cl. The Balaban J connectivity index is 1.89. The number of hydrogen-bond donors (Lipinski definition) is 0. The molecule has 0 N–H and O–H groups in total. The summed E-state index contributed by atoms with van der Waals surface area (Å²) in [5, 5.41) is 0.643. The first kappa shape index (κ1) is 13.9. The first-order valence-corrected chi connectivity index (χ1v) is 7.33. The maximum Gasteiger partial charge on any atom is 0.227 e. The lowest BCUT2D eigenvalue weighted by Crippen LogP contribution is -2.39. The number of hydrogen-bond acceptors (Lipinski definition) is 6. The predicted octanol–water partition coefficient (Wildman–Crippen LogP) is 1.11. The minimum Gasteiger partial charge on any atom is -0.378 e. The molecule has 0 saturated carbocycles. The number of morpholine rings is 2. The Kier molecular flexibility index (Phi) is 4.24. The molecule has 2 saturated heterocycles. The van der Waals surface area contributed by atoms with Gasteiger partial charge in [-0.2, -0.15) is 4.98 Å². The molecule has 0 unspecified atom stereocenters. The third-order valence-corrected chi connectivity index (χ3v) is 4.03. The maximum atomic E-state index is 6.39. The summed E-state index contributed by atoms with van der Waals surface area (Å²) in [4.78, 5) is 13.5. The summed E-state index contributed by atoms with van der Waals surface area (Å²) in [6, 6.07) is 0. The van der Waals surface area contributed by atoms with Crippen molar-refractivity contribution in [3.05, 3.63) is 10.7 Å².